The van der Waals surface area contributed by atoms with Gasteiger partial charge in [0.1, 0.15) is 5.76 Å². The van der Waals surface area contributed by atoms with Crippen LogP contribution >= 0.6 is 0 Å². The number of nitrogens with zero attached hydrogens (tertiary/aromatic N) is 1. The highest BCUT2D eigenvalue weighted by molar-refractivity contribution is 5.15. The van der Waals surface area contributed by atoms with Crippen LogP contribution < -0.4 is 5.32 Å². The van der Waals surface area contributed by atoms with E-state index in [4.69, 9.17) is 4.42 Å². The summed E-state index contributed by atoms with van der Waals surface area (Å²) in [5, 5.41) is 3.20. The predicted octanol–water partition coefficient (Wildman–Crippen LogP) is 1.27. The maximum Gasteiger partial charge on any atom is 0.208 e. The lowest BCUT2D eigenvalue weighted by atomic mass is 10.4. The number of oxazole rings is 1. The van der Waals surface area contributed by atoms with Gasteiger partial charge in [0.15, 0.2) is 0 Å². The fourth-order valence-electron chi connectivity index (χ4n) is 1.55. The second-order valence-corrected chi connectivity index (χ2v) is 3.11. The number of hydrogen-bond acceptors (Lipinski definition) is 3. The first-order valence-corrected chi connectivity index (χ1v) is 4.58. The summed E-state index contributed by atoms with van der Waals surface area (Å²) in [5.74, 6) is 1.96. The Morgan fingerprint density at radius 2 is 2.42 bits per heavy atom. The van der Waals surface area contributed by atoms with Gasteiger partial charge in [-0.25, -0.2) is 4.98 Å². The van der Waals surface area contributed by atoms with Crippen molar-refractivity contribution in [2.75, 3.05) is 6.54 Å². The first kappa shape index (κ1) is 7.80. The average Bonchev–Trinajstić information content (AvgIpc) is 2.58. The molecule has 1 aromatic heterocycles. The number of rotatable bonds is 3. The molecule has 2 rings (SSSR count). The zero-order valence-electron chi connectivity index (χ0n) is 7.39. The molecule has 0 unspecified atom stereocenters. The van der Waals surface area contributed by atoms with Crippen molar-refractivity contribution >= 4 is 0 Å². The fourth-order valence-corrected chi connectivity index (χ4v) is 1.55. The Labute approximate surface area is 72.2 Å². The number of fused-ring (bicyclic) bond motifs is 1. The van der Waals surface area contributed by atoms with Crippen molar-refractivity contribution in [3.05, 3.63) is 17.3 Å². The molecular weight excluding hydrogens is 152 g/mol. The van der Waals surface area contributed by atoms with Gasteiger partial charge in [0.2, 0.25) is 5.89 Å². The molecular formula is C9H14N2O. The van der Waals surface area contributed by atoms with Gasteiger partial charge in [-0.3, -0.25) is 0 Å². The standard InChI is InChI=1S/C9H14N2O/c1-2-10-6-9-11-7-4-3-5-8(7)12-9/h10H,2-6H2,1H3. The van der Waals surface area contributed by atoms with Crippen molar-refractivity contribution < 1.29 is 4.42 Å². The summed E-state index contributed by atoms with van der Waals surface area (Å²) in [6.07, 6.45) is 3.39. The Hall–Kier alpha value is -0.830. The molecule has 0 radical (unpaired) electrons. The molecule has 1 aromatic rings. The number of aryl methyl sites for hydroxylation is 2. The van der Waals surface area contributed by atoms with Crippen LogP contribution in [0.2, 0.25) is 0 Å². The van der Waals surface area contributed by atoms with E-state index >= 15 is 0 Å². The van der Waals surface area contributed by atoms with Gasteiger partial charge in [-0.2, -0.15) is 0 Å². The van der Waals surface area contributed by atoms with Crippen LogP contribution in [0.15, 0.2) is 4.42 Å². The highest BCUT2D eigenvalue weighted by atomic mass is 16.4. The van der Waals surface area contributed by atoms with Crippen LogP contribution in [0.4, 0.5) is 0 Å². The third kappa shape index (κ3) is 1.37. The number of hydrogen-bond donors (Lipinski definition) is 1. The van der Waals surface area contributed by atoms with Crippen LogP contribution in [0.3, 0.4) is 0 Å². The van der Waals surface area contributed by atoms with Gasteiger partial charge < -0.3 is 9.73 Å². The third-order valence-corrected chi connectivity index (χ3v) is 2.17. The molecule has 0 saturated heterocycles. The smallest absolute Gasteiger partial charge is 0.208 e. The van der Waals surface area contributed by atoms with Gasteiger partial charge in [0, 0.05) is 6.42 Å². The van der Waals surface area contributed by atoms with E-state index in [0.717, 1.165) is 37.6 Å². The van der Waals surface area contributed by atoms with E-state index in [1.54, 1.807) is 0 Å². The molecule has 1 aliphatic rings. The molecule has 0 atom stereocenters. The van der Waals surface area contributed by atoms with E-state index in [1.165, 1.54) is 12.1 Å². The molecule has 0 fully saturated rings. The van der Waals surface area contributed by atoms with Crippen molar-refractivity contribution in [1.29, 1.82) is 0 Å². The molecule has 3 nitrogen and oxygen atoms in total. The van der Waals surface area contributed by atoms with Crippen molar-refractivity contribution in [2.24, 2.45) is 0 Å². The lowest BCUT2D eigenvalue weighted by molar-refractivity contribution is 0.440. The maximum atomic E-state index is 5.55. The maximum absolute atomic E-state index is 5.55. The molecule has 0 aliphatic heterocycles. The van der Waals surface area contributed by atoms with Gasteiger partial charge in [-0.1, -0.05) is 6.92 Å². The molecule has 66 valence electrons. The zero-order chi connectivity index (χ0) is 8.39. The van der Waals surface area contributed by atoms with Gasteiger partial charge in [0.05, 0.1) is 12.2 Å². The minimum atomic E-state index is 0.767. The molecule has 3 heteroatoms. The van der Waals surface area contributed by atoms with Gasteiger partial charge in [-0.15, -0.1) is 0 Å². The van der Waals surface area contributed by atoms with E-state index < -0.39 is 0 Å². The summed E-state index contributed by atoms with van der Waals surface area (Å²) in [6.45, 7) is 3.81. The molecule has 0 bridgehead atoms. The number of nitrogens with one attached hydrogen (secondary N) is 1. The van der Waals surface area contributed by atoms with Crippen LogP contribution in [-0.4, -0.2) is 11.5 Å². The van der Waals surface area contributed by atoms with Gasteiger partial charge in [0.25, 0.3) is 0 Å². The average molecular weight is 166 g/mol. The molecule has 1 N–H and O–H groups in total. The molecule has 0 aromatic carbocycles. The summed E-state index contributed by atoms with van der Waals surface area (Å²) >= 11 is 0. The number of aromatic nitrogens is 1. The molecule has 0 amide bonds. The largest absolute Gasteiger partial charge is 0.444 e. The van der Waals surface area contributed by atoms with Gasteiger partial charge >= 0.3 is 0 Å². The van der Waals surface area contributed by atoms with E-state index in [2.05, 4.69) is 17.2 Å². The summed E-state index contributed by atoms with van der Waals surface area (Å²) in [4.78, 5) is 4.40. The highest BCUT2D eigenvalue weighted by Gasteiger charge is 2.17. The Morgan fingerprint density at radius 3 is 3.17 bits per heavy atom. The zero-order valence-corrected chi connectivity index (χ0v) is 7.39. The fraction of sp³-hybridized carbons (Fsp3) is 0.667. The third-order valence-electron chi connectivity index (χ3n) is 2.17. The predicted molar refractivity (Wildman–Crippen MR) is 45.9 cm³/mol. The van der Waals surface area contributed by atoms with E-state index in [0.29, 0.717) is 0 Å². The molecule has 0 spiro atoms. The minimum Gasteiger partial charge on any atom is -0.444 e. The summed E-state index contributed by atoms with van der Waals surface area (Å²) < 4.78 is 5.55. The quantitative estimate of drug-likeness (QED) is 0.735. The van der Waals surface area contributed by atoms with E-state index in [1.807, 2.05) is 0 Å². The lowest BCUT2D eigenvalue weighted by Crippen LogP contribution is -2.11. The van der Waals surface area contributed by atoms with Crippen molar-refractivity contribution in [2.45, 2.75) is 32.7 Å². The van der Waals surface area contributed by atoms with E-state index in [9.17, 15) is 0 Å². The first-order valence-electron chi connectivity index (χ1n) is 4.58. The van der Waals surface area contributed by atoms with Crippen LogP contribution in [0, 0.1) is 0 Å². The van der Waals surface area contributed by atoms with E-state index in [-0.39, 0.29) is 0 Å². The lowest BCUT2D eigenvalue weighted by Gasteiger charge is -1.95. The van der Waals surface area contributed by atoms with Crippen LogP contribution in [0.1, 0.15) is 30.7 Å². The minimum absolute atomic E-state index is 0.767. The first-order chi connectivity index (χ1) is 5.90. The molecule has 1 aliphatic carbocycles. The highest BCUT2D eigenvalue weighted by Crippen LogP contribution is 2.21. The summed E-state index contributed by atoms with van der Waals surface area (Å²) in [5.41, 5.74) is 1.18. The summed E-state index contributed by atoms with van der Waals surface area (Å²) in [6, 6.07) is 0. The second-order valence-electron chi connectivity index (χ2n) is 3.11. The normalized spacial score (nSPS) is 15.1. The van der Waals surface area contributed by atoms with Crippen molar-refractivity contribution in [3.8, 4) is 0 Å². The Balaban J connectivity index is 2.05. The SMILES string of the molecule is CCNCc1nc2c(o1)CCC2. The molecule has 1 heterocycles. The monoisotopic (exact) mass is 166 g/mol. The van der Waals surface area contributed by atoms with Gasteiger partial charge in [-0.05, 0) is 19.4 Å². The van der Waals surface area contributed by atoms with Crippen LogP contribution in [0.25, 0.3) is 0 Å². The molecule has 12 heavy (non-hydrogen) atoms. The summed E-state index contributed by atoms with van der Waals surface area (Å²) in [7, 11) is 0. The second kappa shape index (κ2) is 3.27. The Kier molecular flexibility index (Phi) is 2.13. The Bertz CT molecular complexity index is 246. The van der Waals surface area contributed by atoms with Crippen molar-refractivity contribution in [1.82, 2.24) is 10.3 Å². The van der Waals surface area contributed by atoms with Crippen molar-refractivity contribution in [3.63, 3.8) is 0 Å². The Morgan fingerprint density at radius 1 is 1.50 bits per heavy atom. The molecule has 0 saturated carbocycles. The topological polar surface area (TPSA) is 38.1 Å². The van der Waals surface area contributed by atoms with Crippen LogP contribution in [0.5, 0.6) is 0 Å². The van der Waals surface area contributed by atoms with Crippen LogP contribution in [-0.2, 0) is 19.4 Å².